The molecule has 0 aliphatic heterocycles. The molecule has 2 N–H and O–H groups in total. The first kappa shape index (κ1) is 15.7. The second kappa shape index (κ2) is 7.38. The van der Waals surface area contributed by atoms with Gasteiger partial charge in [-0.25, -0.2) is 0 Å². The van der Waals surface area contributed by atoms with Crippen molar-refractivity contribution in [3.63, 3.8) is 0 Å². The van der Waals surface area contributed by atoms with Crippen molar-refractivity contribution in [1.29, 1.82) is 0 Å². The van der Waals surface area contributed by atoms with Gasteiger partial charge in [-0.1, -0.05) is 0 Å². The van der Waals surface area contributed by atoms with Gasteiger partial charge in [0, 0.05) is 11.4 Å². The molecule has 2 aromatic rings. The van der Waals surface area contributed by atoms with Crippen LogP contribution < -0.4 is 15.2 Å². The van der Waals surface area contributed by atoms with Crippen LogP contribution in [0.5, 0.6) is 17.2 Å². The highest BCUT2D eigenvalue weighted by molar-refractivity contribution is 7.98. The Morgan fingerprint density at radius 1 is 0.952 bits per heavy atom. The van der Waals surface area contributed by atoms with Gasteiger partial charge in [0.1, 0.15) is 23.9 Å². The van der Waals surface area contributed by atoms with E-state index in [1.807, 2.05) is 38.1 Å². The summed E-state index contributed by atoms with van der Waals surface area (Å²) in [6.07, 6.45) is 2.06. The molecule has 2 rings (SSSR count). The third kappa shape index (κ3) is 3.93. The zero-order valence-corrected chi connectivity index (χ0v) is 13.5. The second-order valence-electron chi connectivity index (χ2n) is 4.73. The summed E-state index contributed by atoms with van der Waals surface area (Å²) in [6, 6.07) is 12.0. The predicted molar refractivity (Wildman–Crippen MR) is 88.8 cm³/mol. The maximum Gasteiger partial charge on any atom is 0.130 e. The van der Waals surface area contributed by atoms with Crippen LogP contribution in [-0.4, -0.2) is 19.4 Å². The number of hydrogen-bond acceptors (Lipinski definition) is 4. The molecule has 0 bridgehead atoms. The van der Waals surface area contributed by atoms with Gasteiger partial charge in [-0.3, -0.25) is 0 Å². The van der Waals surface area contributed by atoms with E-state index in [2.05, 4.69) is 18.4 Å². The van der Waals surface area contributed by atoms with Crippen LogP contribution in [0.1, 0.15) is 11.1 Å². The minimum Gasteiger partial charge on any atom is -0.492 e. The minimum atomic E-state index is 0.512. The van der Waals surface area contributed by atoms with Crippen LogP contribution >= 0.6 is 11.8 Å². The van der Waals surface area contributed by atoms with E-state index in [0.717, 1.165) is 28.4 Å². The topological polar surface area (TPSA) is 44.5 Å². The summed E-state index contributed by atoms with van der Waals surface area (Å²) in [4.78, 5) is 1.22. The molecule has 0 aromatic heterocycles. The summed E-state index contributed by atoms with van der Waals surface area (Å²) < 4.78 is 11.6. The van der Waals surface area contributed by atoms with Crippen LogP contribution in [-0.2, 0) is 0 Å². The molecule has 4 heteroatoms. The molecular weight excluding hydrogens is 282 g/mol. The number of rotatable bonds is 6. The van der Waals surface area contributed by atoms with Gasteiger partial charge in [0.25, 0.3) is 0 Å². The van der Waals surface area contributed by atoms with E-state index in [4.69, 9.17) is 15.2 Å². The van der Waals surface area contributed by atoms with Crippen LogP contribution in [0.3, 0.4) is 0 Å². The fraction of sp³-hybridized carbons (Fsp3) is 0.294. The highest BCUT2D eigenvalue weighted by atomic mass is 32.2. The first-order valence-electron chi connectivity index (χ1n) is 6.90. The molecule has 0 spiro atoms. The summed E-state index contributed by atoms with van der Waals surface area (Å²) in [7, 11) is 0. The highest BCUT2D eigenvalue weighted by Gasteiger charge is 2.09. The summed E-state index contributed by atoms with van der Waals surface area (Å²) in [5, 5.41) is 0. The quantitative estimate of drug-likeness (QED) is 0.814. The average Bonchev–Trinajstić information content (AvgIpc) is 2.52. The minimum absolute atomic E-state index is 0.512. The zero-order valence-electron chi connectivity index (χ0n) is 12.7. The van der Waals surface area contributed by atoms with Crippen molar-refractivity contribution in [2.75, 3.05) is 19.4 Å². The number of benzene rings is 2. The van der Waals surface area contributed by atoms with Crippen molar-refractivity contribution >= 4 is 11.8 Å². The van der Waals surface area contributed by atoms with E-state index in [0.29, 0.717) is 13.2 Å². The Hall–Kier alpha value is -1.65. The van der Waals surface area contributed by atoms with E-state index >= 15 is 0 Å². The maximum atomic E-state index is 5.96. The van der Waals surface area contributed by atoms with Crippen LogP contribution in [0.4, 0.5) is 0 Å². The molecule has 0 unspecified atom stereocenters. The van der Waals surface area contributed by atoms with E-state index in [1.54, 1.807) is 11.8 Å². The summed E-state index contributed by atoms with van der Waals surface area (Å²) in [6.45, 7) is 5.11. The lowest BCUT2D eigenvalue weighted by molar-refractivity contribution is 0.325. The van der Waals surface area contributed by atoms with E-state index in [9.17, 15) is 0 Å². The maximum absolute atomic E-state index is 5.96. The van der Waals surface area contributed by atoms with Crippen LogP contribution in [0.2, 0.25) is 0 Å². The van der Waals surface area contributed by atoms with Gasteiger partial charge in [0.2, 0.25) is 0 Å². The van der Waals surface area contributed by atoms with Crippen molar-refractivity contribution in [3.8, 4) is 17.2 Å². The van der Waals surface area contributed by atoms with E-state index in [1.165, 1.54) is 4.90 Å². The van der Waals surface area contributed by atoms with Crippen molar-refractivity contribution in [2.45, 2.75) is 18.7 Å². The molecule has 0 amide bonds. The van der Waals surface area contributed by atoms with Crippen molar-refractivity contribution in [2.24, 2.45) is 5.73 Å². The third-order valence-electron chi connectivity index (χ3n) is 3.35. The molecule has 0 aliphatic rings. The molecule has 0 saturated carbocycles. The van der Waals surface area contributed by atoms with E-state index in [-0.39, 0.29) is 0 Å². The number of hydrogen-bond donors (Lipinski definition) is 1. The van der Waals surface area contributed by atoms with Crippen LogP contribution in [0, 0.1) is 13.8 Å². The lowest BCUT2D eigenvalue weighted by Gasteiger charge is -2.15. The van der Waals surface area contributed by atoms with Crippen LogP contribution in [0.25, 0.3) is 0 Å². The highest BCUT2D eigenvalue weighted by Crippen LogP contribution is 2.32. The zero-order chi connectivity index (χ0) is 15.2. The van der Waals surface area contributed by atoms with Crippen molar-refractivity contribution < 1.29 is 9.47 Å². The summed E-state index contributed by atoms with van der Waals surface area (Å²) in [5.41, 5.74) is 7.64. The number of ether oxygens (including phenoxy) is 2. The van der Waals surface area contributed by atoms with Crippen LogP contribution in [0.15, 0.2) is 41.3 Å². The Kier molecular flexibility index (Phi) is 5.53. The molecular formula is C17H21NO2S. The van der Waals surface area contributed by atoms with Crippen molar-refractivity contribution in [3.05, 3.63) is 47.5 Å². The lowest BCUT2D eigenvalue weighted by atomic mass is 10.1. The third-order valence-corrected chi connectivity index (χ3v) is 4.09. The molecule has 0 aliphatic carbocycles. The molecule has 21 heavy (non-hydrogen) atoms. The summed E-state index contributed by atoms with van der Waals surface area (Å²) in [5.74, 6) is 2.55. The lowest BCUT2D eigenvalue weighted by Crippen LogP contribution is -2.11. The normalized spacial score (nSPS) is 10.5. The molecule has 3 nitrogen and oxygen atoms in total. The standard InChI is InChI=1S/C17H21NO2S/c1-12-13(2)17(9-8-16(12)19-11-10-18)20-14-4-6-15(21-3)7-5-14/h4-9H,10-11,18H2,1-3H3. The van der Waals surface area contributed by atoms with Gasteiger partial charge in [-0.05, 0) is 67.6 Å². The molecule has 0 fully saturated rings. The van der Waals surface area contributed by atoms with Gasteiger partial charge in [-0.2, -0.15) is 0 Å². The molecule has 2 aromatic carbocycles. The molecule has 0 heterocycles. The monoisotopic (exact) mass is 303 g/mol. The fourth-order valence-corrected chi connectivity index (χ4v) is 2.39. The predicted octanol–water partition coefficient (Wildman–Crippen LogP) is 4.16. The average molecular weight is 303 g/mol. The Morgan fingerprint density at radius 2 is 1.57 bits per heavy atom. The SMILES string of the molecule is CSc1ccc(Oc2ccc(OCCN)c(C)c2C)cc1. The molecule has 112 valence electrons. The van der Waals surface area contributed by atoms with Gasteiger partial charge in [0.15, 0.2) is 0 Å². The number of thioether (sulfide) groups is 1. The van der Waals surface area contributed by atoms with E-state index < -0.39 is 0 Å². The Morgan fingerprint density at radius 3 is 2.19 bits per heavy atom. The molecule has 0 saturated heterocycles. The fourth-order valence-electron chi connectivity index (χ4n) is 1.98. The Bertz CT molecular complexity index is 596. The first-order chi connectivity index (χ1) is 10.2. The van der Waals surface area contributed by atoms with Gasteiger partial charge >= 0.3 is 0 Å². The molecule has 0 radical (unpaired) electrons. The van der Waals surface area contributed by atoms with Gasteiger partial charge in [-0.15, -0.1) is 11.8 Å². The van der Waals surface area contributed by atoms with Gasteiger partial charge in [0.05, 0.1) is 0 Å². The second-order valence-corrected chi connectivity index (χ2v) is 5.61. The number of nitrogens with two attached hydrogens (primary N) is 1. The first-order valence-corrected chi connectivity index (χ1v) is 8.13. The van der Waals surface area contributed by atoms with Crippen molar-refractivity contribution in [1.82, 2.24) is 0 Å². The van der Waals surface area contributed by atoms with Gasteiger partial charge < -0.3 is 15.2 Å². The molecule has 0 atom stereocenters. The summed E-state index contributed by atoms with van der Waals surface area (Å²) >= 11 is 1.72. The Balaban J connectivity index is 2.18. The largest absolute Gasteiger partial charge is 0.492 e. The Labute approximate surface area is 130 Å². The smallest absolute Gasteiger partial charge is 0.130 e.